The van der Waals surface area contributed by atoms with E-state index in [1.807, 2.05) is 7.85 Å². The number of carbonyl (C=O) groups excluding carboxylic acids is 1. The average Bonchev–Trinajstić information content (AvgIpc) is 2.90. The first kappa shape index (κ1) is 24.8. The number of likely N-dealkylation sites (N-methyl/N-ethyl adjacent to an activating group) is 1. The van der Waals surface area contributed by atoms with Crippen molar-refractivity contribution in [3.8, 4) is 0 Å². The Morgan fingerprint density at radius 2 is 1.91 bits per heavy atom. The first-order valence-corrected chi connectivity index (χ1v) is 8.00. The molecule has 1 heterocycles. The molecule has 2 atom stereocenters. The van der Waals surface area contributed by atoms with E-state index in [9.17, 15) is 14.7 Å². The van der Waals surface area contributed by atoms with Crippen LogP contribution < -0.4 is 0 Å². The Labute approximate surface area is 153 Å². The summed E-state index contributed by atoms with van der Waals surface area (Å²) in [6.07, 6.45) is 5.16. The molecule has 5 nitrogen and oxygen atoms in total. The lowest BCUT2D eigenvalue weighted by molar-refractivity contribution is -0.141. The van der Waals surface area contributed by atoms with Crippen LogP contribution in [0.3, 0.4) is 0 Å². The Kier molecular flexibility index (Phi) is 12.0. The molecule has 0 radical (unpaired) electrons. The number of likely N-dealkylation sites (tertiary alicyclic amines) is 1. The zero-order chi connectivity index (χ0) is 16.0. The highest BCUT2D eigenvalue weighted by molar-refractivity contribution is 6.26. The van der Waals surface area contributed by atoms with E-state index in [0.29, 0.717) is 19.4 Å². The van der Waals surface area contributed by atoms with Crippen molar-refractivity contribution >= 4 is 44.5 Å². The molecule has 8 heteroatoms. The smallest absolute Gasteiger partial charge is 0.301 e. The molecule has 136 valence electrons. The average molecular weight is 369 g/mol. The molecule has 1 saturated heterocycles. The van der Waals surface area contributed by atoms with Crippen molar-refractivity contribution in [3.63, 3.8) is 0 Å². The maximum absolute atomic E-state index is 12.2. The topological polar surface area (TPSA) is 60.9 Å². The minimum absolute atomic E-state index is 0. The van der Waals surface area contributed by atoms with Crippen molar-refractivity contribution in [1.82, 2.24) is 9.80 Å². The number of hydrogen-bond donors (Lipinski definition) is 1. The molecule has 0 aromatic heterocycles. The lowest BCUT2D eigenvalue weighted by Crippen LogP contribution is -2.44. The van der Waals surface area contributed by atoms with Gasteiger partial charge in [0.2, 0.25) is 5.91 Å². The third-order valence-corrected chi connectivity index (χ3v) is 4.64. The summed E-state index contributed by atoms with van der Waals surface area (Å²) in [5.41, 5.74) is 0. The number of carboxylic acids is 1. The summed E-state index contributed by atoms with van der Waals surface area (Å²) in [7, 11) is 5.40. The van der Waals surface area contributed by atoms with Gasteiger partial charge in [0.1, 0.15) is 7.85 Å². The number of hydrogen-bond acceptors (Lipinski definition) is 3. The van der Waals surface area contributed by atoms with Crippen LogP contribution in [0.5, 0.6) is 0 Å². The van der Waals surface area contributed by atoms with Gasteiger partial charge in [0.15, 0.2) is 0 Å². The largest absolute Gasteiger partial charge is 0.481 e. The number of unbranched alkanes of at least 4 members (excludes halogenated alkanes) is 1. The monoisotopic (exact) mass is 368 g/mol. The number of rotatable bonds is 8. The summed E-state index contributed by atoms with van der Waals surface area (Å²) < 4.78 is 0. The predicted molar refractivity (Wildman–Crippen MR) is 101 cm³/mol. The number of amides is 1. The first-order valence-electron chi connectivity index (χ1n) is 8.00. The molecule has 0 aromatic rings. The third kappa shape index (κ3) is 6.90. The van der Waals surface area contributed by atoms with Crippen LogP contribution in [0.15, 0.2) is 0 Å². The van der Waals surface area contributed by atoms with Gasteiger partial charge in [-0.2, -0.15) is 0 Å². The number of aliphatic carboxylic acids is 1. The summed E-state index contributed by atoms with van der Waals surface area (Å²) in [6.45, 7) is 3.67. The van der Waals surface area contributed by atoms with E-state index in [1.54, 1.807) is 19.0 Å². The zero-order valence-corrected chi connectivity index (χ0v) is 16.3. The van der Waals surface area contributed by atoms with E-state index in [0.717, 1.165) is 32.2 Å². The molecule has 0 aliphatic carbocycles. The number of carboxylic acid groups (broad SMARTS) is 1. The molecule has 1 amide bonds. The van der Waals surface area contributed by atoms with Crippen molar-refractivity contribution in [2.45, 2.75) is 56.8 Å². The molecule has 1 rings (SSSR count). The van der Waals surface area contributed by atoms with Gasteiger partial charge in [0.05, 0.1) is 6.04 Å². The Balaban J connectivity index is 0. The van der Waals surface area contributed by atoms with Crippen LogP contribution in [-0.4, -0.2) is 67.9 Å². The first-order chi connectivity index (χ1) is 9.81. The SMILES string of the molecule is BC(CCCC)(CCN1CCCC1C(=O)N(C)C)C(=O)O.Cl.Cl. The second kappa shape index (κ2) is 11.2. The van der Waals surface area contributed by atoms with Gasteiger partial charge in [-0.3, -0.25) is 14.5 Å². The Bertz CT molecular complexity index is 386. The van der Waals surface area contributed by atoms with Crippen LogP contribution in [0.2, 0.25) is 5.31 Å². The molecule has 0 aromatic carbocycles. The van der Waals surface area contributed by atoms with Gasteiger partial charge in [-0.05, 0) is 38.8 Å². The molecule has 0 saturated carbocycles. The van der Waals surface area contributed by atoms with Crippen LogP contribution in [0, 0.1) is 0 Å². The third-order valence-electron chi connectivity index (χ3n) is 4.64. The van der Waals surface area contributed by atoms with Gasteiger partial charge in [-0.25, -0.2) is 0 Å². The minimum Gasteiger partial charge on any atom is -0.481 e. The molecule has 2 unspecified atom stereocenters. The molecule has 1 aliphatic heterocycles. The number of carbonyl (C=O) groups is 2. The quantitative estimate of drug-likeness (QED) is 0.664. The second-order valence-electron chi connectivity index (χ2n) is 6.65. The molecule has 23 heavy (non-hydrogen) atoms. The summed E-state index contributed by atoms with van der Waals surface area (Å²) in [6, 6.07) is -0.0655. The maximum Gasteiger partial charge on any atom is 0.301 e. The highest BCUT2D eigenvalue weighted by atomic mass is 35.5. The molecule has 1 N–H and O–H groups in total. The lowest BCUT2D eigenvalue weighted by Gasteiger charge is -2.31. The Morgan fingerprint density at radius 1 is 1.30 bits per heavy atom. The fourth-order valence-corrected chi connectivity index (χ4v) is 2.97. The van der Waals surface area contributed by atoms with Crippen LogP contribution >= 0.6 is 24.8 Å². The Hall–Kier alpha value is -0.455. The van der Waals surface area contributed by atoms with Crippen molar-refractivity contribution < 1.29 is 14.7 Å². The van der Waals surface area contributed by atoms with Gasteiger partial charge >= 0.3 is 5.97 Å². The van der Waals surface area contributed by atoms with E-state index in [-0.39, 0.29) is 36.8 Å². The van der Waals surface area contributed by atoms with E-state index in [4.69, 9.17) is 0 Å². The molecular weight excluding hydrogens is 338 g/mol. The van der Waals surface area contributed by atoms with Crippen molar-refractivity contribution in [2.24, 2.45) is 0 Å². The highest BCUT2D eigenvalue weighted by Crippen LogP contribution is 2.34. The van der Waals surface area contributed by atoms with Crippen LogP contribution in [0.4, 0.5) is 0 Å². The summed E-state index contributed by atoms with van der Waals surface area (Å²) in [4.78, 5) is 27.5. The van der Waals surface area contributed by atoms with Gasteiger partial charge in [0.25, 0.3) is 0 Å². The molecule has 0 spiro atoms. The highest BCUT2D eigenvalue weighted by Gasteiger charge is 2.36. The van der Waals surface area contributed by atoms with Crippen molar-refractivity contribution in [2.75, 3.05) is 27.2 Å². The van der Waals surface area contributed by atoms with Gasteiger partial charge in [0, 0.05) is 19.4 Å². The molecule has 1 aliphatic rings. The summed E-state index contributed by atoms with van der Waals surface area (Å²) in [5, 5.41) is 8.83. The van der Waals surface area contributed by atoms with E-state index >= 15 is 0 Å². The summed E-state index contributed by atoms with van der Waals surface area (Å²) in [5.74, 6) is -0.580. The van der Waals surface area contributed by atoms with E-state index in [1.165, 1.54) is 0 Å². The van der Waals surface area contributed by atoms with Gasteiger partial charge in [-0.1, -0.05) is 19.8 Å². The lowest BCUT2D eigenvalue weighted by atomic mass is 9.63. The normalized spacial score (nSPS) is 20.0. The van der Waals surface area contributed by atoms with Crippen molar-refractivity contribution in [3.05, 3.63) is 0 Å². The molecule has 0 bridgehead atoms. The Morgan fingerprint density at radius 3 is 2.39 bits per heavy atom. The number of nitrogens with zero attached hydrogens (tertiary/aromatic N) is 2. The zero-order valence-electron chi connectivity index (χ0n) is 14.7. The van der Waals surface area contributed by atoms with Crippen molar-refractivity contribution in [1.29, 1.82) is 0 Å². The van der Waals surface area contributed by atoms with Crippen LogP contribution in [0.1, 0.15) is 45.4 Å². The second-order valence-corrected chi connectivity index (χ2v) is 6.65. The molecule has 1 fully saturated rings. The van der Waals surface area contributed by atoms with E-state index < -0.39 is 11.3 Å². The standard InChI is InChI=1S/C15H29BN2O3.2ClH/c1-4-5-8-15(16,14(20)21)9-11-18-10-6-7-12(18)13(19)17(2)3;;/h12H,4-11,16H2,1-3H3,(H,20,21);2*1H. The summed E-state index contributed by atoms with van der Waals surface area (Å²) >= 11 is 0. The van der Waals surface area contributed by atoms with Crippen LogP contribution in [0.25, 0.3) is 0 Å². The predicted octanol–water partition coefficient (Wildman–Crippen LogP) is 1.84. The van der Waals surface area contributed by atoms with E-state index in [2.05, 4.69) is 11.8 Å². The van der Waals surface area contributed by atoms with Gasteiger partial charge < -0.3 is 10.0 Å². The fourth-order valence-electron chi connectivity index (χ4n) is 2.97. The van der Waals surface area contributed by atoms with Crippen LogP contribution in [-0.2, 0) is 9.59 Å². The molecular formula is C15H31BCl2N2O3. The number of halogens is 2. The fraction of sp³-hybridized carbons (Fsp3) is 0.867. The minimum atomic E-state index is -0.717. The maximum atomic E-state index is 12.2. The van der Waals surface area contributed by atoms with Gasteiger partial charge in [-0.15, -0.1) is 24.8 Å².